The van der Waals surface area contributed by atoms with E-state index in [0.717, 1.165) is 21.7 Å². The maximum atomic E-state index is 11.1. The van der Waals surface area contributed by atoms with Crippen LogP contribution in [0.5, 0.6) is 0 Å². The first-order valence-corrected chi connectivity index (χ1v) is 9.69. The summed E-state index contributed by atoms with van der Waals surface area (Å²) in [6.45, 7) is 0. The van der Waals surface area contributed by atoms with E-state index in [9.17, 15) is 10.1 Å². The van der Waals surface area contributed by atoms with E-state index >= 15 is 0 Å². The Hall–Kier alpha value is -3.22. The first-order chi connectivity index (χ1) is 13.6. The summed E-state index contributed by atoms with van der Waals surface area (Å²) < 4.78 is 2.03. The predicted octanol–water partition coefficient (Wildman–Crippen LogP) is 6.00. The molecule has 0 aliphatic heterocycles. The second kappa shape index (κ2) is 7.80. The van der Waals surface area contributed by atoms with E-state index in [2.05, 4.69) is 4.99 Å². The zero-order chi connectivity index (χ0) is 19.5. The Bertz CT molecular complexity index is 1200. The second-order valence-corrected chi connectivity index (χ2v) is 7.24. The molecule has 0 aliphatic rings. The third-order valence-electron chi connectivity index (χ3n) is 4.13. The van der Waals surface area contributed by atoms with Gasteiger partial charge in [0.2, 0.25) is 0 Å². The fraction of sp³-hybridized carbons (Fsp3) is 0. The molecular formula is C21H14ClN3O2S. The van der Waals surface area contributed by atoms with E-state index in [1.807, 2.05) is 64.5 Å². The molecule has 7 heteroatoms. The lowest BCUT2D eigenvalue weighted by Gasteiger charge is -2.09. The zero-order valence-electron chi connectivity index (χ0n) is 14.5. The molecule has 138 valence electrons. The van der Waals surface area contributed by atoms with E-state index in [0.29, 0.717) is 10.7 Å². The summed E-state index contributed by atoms with van der Waals surface area (Å²) in [5, 5.41) is 13.8. The Morgan fingerprint density at radius 2 is 1.71 bits per heavy atom. The van der Waals surface area contributed by atoms with Crippen LogP contribution in [0.4, 0.5) is 11.4 Å². The van der Waals surface area contributed by atoms with E-state index in [-0.39, 0.29) is 5.69 Å². The van der Waals surface area contributed by atoms with Crippen LogP contribution >= 0.6 is 22.9 Å². The van der Waals surface area contributed by atoms with Crippen molar-refractivity contribution >= 4 is 34.3 Å². The molecule has 0 atom stereocenters. The minimum atomic E-state index is -0.419. The SMILES string of the molecule is O=[N+]([O-])c1cccc(N=c2scc(-c3ccc(Cl)cc3)n2-c2ccccc2)c1. The highest BCUT2D eigenvalue weighted by Crippen LogP contribution is 2.26. The maximum Gasteiger partial charge on any atom is 0.271 e. The van der Waals surface area contributed by atoms with Gasteiger partial charge in [0, 0.05) is 28.2 Å². The van der Waals surface area contributed by atoms with E-state index < -0.39 is 4.92 Å². The molecule has 5 nitrogen and oxygen atoms in total. The molecular weight excluding hydrogens is 394 g/mol. The number of rotatable bonds is 4. The number of halogens is 1. The number of nitro groups is 1. The van der Waals surface area contributed by atoms with Gasteiger partial charge in [-0.05, 0) is 35.9 Å². The highest BCUT2D eigenvalue weighted by molar-refractivity contribution is 7.07. The van der Waals surface area contributed by atoms with Crippen molar-refractivity contribution in [2.24, 2.45) is 4.99 Å². The van der Waals surface area contributed by atoms with Gasteiger partial charge >= 0.3 is 0 Å². The molecule has 4 aromatic rings. The number of thiazole rings is 1. The number of benzene rings is 3. The van der Waals surface area contributed by atoms with Crippen molar-refractivity contribution in [1.29, 1.82) is 0 Å². The van der Waals surface area contributed by atoms with Gasteiger partial charge in [-0.15, -0.1) is 11.3 Å². The summed E-state index contributed by atoms with van der Waals surface area (Å²) in [6.07, 6.45) is 0. The molecule has 4 rings (SSSR count). The van der Waals surface area contributed by atoms with Crippen LogP contribution in [0.15, 0.2) is 89.2 Å². The molecule has 3 aromatic carbocycles. The quantitative estimate of drug-likeness (QED) is 0.307. The maximum absolute atomic E-state index is 11.1. The molecule has 0 spiro atoms. The molecule has 1 heterocycles. The molecule has 0 bridgehead atoms. The number of non-ortho nitro benzene ring substituents is 1. The van der Waals surface area contributed by atoms with E-state index in [1.165, 1.54) is 23.5 Å². The standard InChI is InChI=1S/C21H14ClN3O2S/c22-16-11-9-15(10-12-16)20-14-28-21(24(20)18-6-2-1-3-7-18)23-17-5-4-8-19(13-17)25(26)27/h1-14H. The average Bonchev–Trinajstić information content (AvgIpc) is 3.13. The van der Waals surface area contributed by atoms with Gasteiger partial charge in [-0.1, -0.05) is 48.0 Å². The van der Waals surface area contributed by atoms with Crippen LogP contribution in [-0.2, 0) is 0 Å². The molecule has 0 saturated heterocycles. The van der Waals surface area contributed by atoms with Gasteiger partial charge in [-0.2, -0.15) is 0 Å². The summed E-state index contributed by atoms with van der Waals surface area (Å²) in [5.41, 5.74) is 3.48. The van der Waals surface area contributed by atoms with Gasteiger partial charge in [0.1, 0.15) is 0 Å². The molecule has 0 fully saturated rings. The van der Waals surface area contributed by atoms with Gasteiger partial charge in [0.05, 0.1) is 16.3 Å². The minimum absolute atomic E-state index is 0.0157. The first kappa shape index (κ1) is 18.2. The van der Waals surface area contributed by atoms with Crippen LogP contribution in [0.2, 0.25) is 5.02 Å². The Labute approximate surface area is 170 Å². The largest absolute Gasteiger partial charge is 0.285 e. The van der Waals surface area contributed by atoms with Gasteiger partial charge in [0.15, 0.2) is 4.80 Å². The lowest BCUT2D eigenvalue weighted by molar-refractivity contribution is -0.384. The molecule has 1 aromatic heterocycles. The van der Waals surface area contributed by atoms with Gasteiger partial charge in [0.25, 0.3) is 5.69 Å². The van der Waals surface area contributed by atoms with Crippen LogP contribution in [0.1, 0.15) is 0 Å². The third-order valence-corrected chi connectivity index (χ3v) is 5.21. The van der Waals surface area contributed by atoms with Gasteiger partial charge < -0.3 is 0 Å². The summed E-state index contributed by atoms with van der Waals surface area (Å²) in [6, 6.07) is 23.8. The summed E-state index contributed by atoms with van der Waals surface area (Å²) in [4.78, 5) is 16.0. The molecule has 0 N–H and O–H groups in total. The minimum Gasteiger partial charge on any atom is -0.285 e. The Morgan fingerprint density at radius 1 is 0.964 bits per heavy atom. The van der Waals surface area contributed by atoms with Crippen molar-refractivity contribution in [2.45, 2.75) is 0 Å². The first-order valence-electron chi connectivity index (χ1n) is 8.43. The van der Waals surface area contributed by atoms with E-state index in [1.54, 1.807) is 12.1 Å². The summed E-state index contributed by atoms with van der Waals surface area (Å²) >= 11 is 7.50. The fourth-order valence-electron chi connectivity index (χ4n) is 2.82. The Kier molecular flexibility index (Phi) is 5.06. The number of para-hydroxylation sites is 1. The Balaban J connectivity index is 1.92. The number of nitrogens with zero attached hydrogens (tertiary/aromatic N) is 3. The molecule has 0 radical (unpaired) electrons. The molecule has 0 amide bonds. The summed E-state index contributed by atoms with van der Waals surface area (Å²) in [5.74, 6) is 0. The number of nitro benzene ring substituents is 1. The molecule has 0 aliphatic carbocycles. The Morgan fingerprint density at radius 3 is 2.43 bits per heavy atom. The number of hydrogen-bond acceptors (Lipinski definition) is 4. The van der Waals surface area contributed by atoms with Crippen LogP contribution in [-0.4, -0.2) is 9.49 Å². The topological polar surface area (TPSA) is 60.4 Å². The van der Waals surface area contributed by atoms with Crippen molar-refractivity contribution in [3.8, 4) is 16.9 Å². The predicted molar refractivity (Wildman–Crippen MR) is 112 cm³/mol. The van der Waals surface area contributed by atoms with Crippen molar-refractivity contribution in [3.05, 3.63) is 104 Å². The van der Waals surface area contributed by atoms with Crippen LogP contribution in [0, 0.1) is 10.1 Å². The van der Waals surface area contributed by atoms with Crippen molar-refractivity contribution in [2.75, 3.05) is 0 Å². The zero-order valence-corrected chi connectivity index (χ0v) is 16.1. The highest BCUT2D eigenvalue weighted by Gasteiger charge is 2.11. The molecule has 28 heavy (non-hydrogen) atoms. The molecule has 0 unspecified atom stereocenters. The van der Waals surface area contributed by atoms with E-state index in [4.69, 9.17) is 11.6 Å². The van der Waals surface area contributed by atoms with Crippen LogP contribution in [0.3, 0.4) is 0 Å². The second-order valence-electron chi connectivity index (χ2n) is 5.97. The smallest absolute Gasteiger partial charge is 0.271 e. The van der Waals surface area contributed by atoms with Crippen LogP contribution in [0.25, 0.3) is 16.9 Å². The normalized spacial score (nSPS) is 11.5. The van der Waals surface area contributed by atoms with Crippen LogP contribution < -0.4 is 4.80 Å². The van der Waals surface area contributed by atoms with Gasteiger partial charge in [-0.25, -0.2) is 4.99 Å². The average molecular weight is 408 g/mol. The van der Waals surface area contributed by atoms with Crippen molar-refractivity contribution < 1.29 is 4.92 Å². The third kappa shape index (κ3) is 3.74. The van der Waals surface area contributed by atoms with Crippen molar-refractivity contribution in [3.63, 3.8) is 0 Å². The number of hydrogen-bond donors (Lipinski definition) is 0. The lowest BCUT2D eigenvalue weighted by atomic mass is 10.1. The highest BCUT2D eigenvalue weighted by atomic mass is 35.5. The fourth-order valence-corrected chi connectivity index (χ4v) is 3.88. The molecule has 0 saturated carbocycles. The lowest BCUT2D eigenvalue weighted by Crippen LogP contribution is -2.13. The van der Waals surface area contributed by atoms with Gasteiger partial charge in [-0.3, -0.25) is 14.7 Å². The number of aromatic nitrogens is 1. The summed E-state index contributed by atoms with van der Waals surface area (Å²) in [7, 11) is 0. The monoisotopic (exact) mass is 407 g/mol. The van der Waals surface area contributed by atoms with Crippen molar-refractivity contribution in [1.82, 2.24) is 4.57 Å².